The van der Waals surface area contributed by atoms with Crippen LogP contribution < -0.4 is 0 Å². The van der Waals surface area contributed by atoms with E-state index >= 15 is 0 Å². The number of nitrogens with one attached hydrogen (secondary N) is 2. The number of unbranched alkanes of at least 4 members (excludes halogenated alkanes) is 7. The third-order valence-corrected chi connectivity index (χ3v) is 5.75. The minimum Gasteiger partial charge on any atom is -0.177 e. The summed E-state index contributed by atoms with van der Waals surface area (Å²) < 4.78 is 0. The van der Waals surface area contributed by atoms with E-state index in [-0.39, 0.29) is 0 Å². The van der Waals surface area contributed by atoms with Crippen molar-refractivity contribution in [2.75, 3.05) is 0 Å². The SMILES string of the molecule is C=Cc1ccc(CC(CCCCCCCCCCc2nn[nH]n2)Cc2nn[nH]n2)cc1. The van der Waals surface area contributed by atoms with Crippen LogP contribution in [0.1, 0.15) is 80.6 Å². The maximum absolute atomic E-state index is 4.16. The van der Waals surface area contributed by atoms with E-state index < -0.39 is 0 Å². The molecular weight excluding hydrogens is 388 g/mol. The second kappa shape index (κ2) is 13.4. The van der Waals surface area contributed by atoms with Crippen LogP contribution >= 0.6 is 0 Å². The first kappa shape index (κ1) is 22.8. The number of aryl methyl sites for hydroxylation is 1. The maximum Gasteiger partial charge on any atom is 0.174 e. The number of hydrogen-bond acceptors (Lipinski definition) is 6. The van der Waals surface area contributed by atoms with Gasteiger partial charge in [-0.2, -0.15) is 10.4 Å². The Morgan fingerprint density at radius 1 is 0.742 bits per heavy atom. The van der Waals surface area contributed by atoms with E-state index in [9.17, 15) is 0 Å². The first-order chi connectivity index (χ1) is 15.3. The maximum atomic E-state index is 4.16. The van der Waals surface area contributed by atoms with Gasteiger partial charge in [-0.15, -0.1) is 20.4 Å². The fourth-order valence-electron chi connectivity index (χ4n) is 3.99. The summed E-state index contributed by atoms with van der Waals surface area (Å²) in [6, 6.07) is 8.68. The highest BCUT2D eigenvalue weighted by atomic mass is 15.5. The smallest absolute Gasteiger partial charge is 0.174 e. The van der Waals surface area contributed by atoms with Gasteiger partial charge < -0.3 is 0 Å². The van der Waals surface area contributed by atoms with E-state index in [4.69, 9.17) is 0 Å². The Morgan fingerprint density at radius 3 is 1.97 bits per heavy atom. The molecule has 1 atom stereocenters. The minimum atomic E-state index is 0.539. The number of benzene rings is 1. The molecule has 0 amide bonds. The van der Waals surface area contributed by atoms with Crippen LogP contribution in [0.4, 0.5) is 0 Å². The van der Waals surface area contributed by atoms with Crippen molar-refractivity contribution >= 4 is 6.08 Å². The lowest BCUT2D eigenvalue weighted by atomic mass is 9.90. The summed E-state index contributed by atoms with van der Waals surface area (Å²) in [5.74, 6) is 2.18. The molecule has 1 unspecified atom stereocenters. The summed E-state index contributed by atoms with van der Waals surface area (Å²) in [5, 5.41) is 28.7. The first-order valence-corrected chi connectivity index (χ1v) is 11.5. The van der Waals surface area contributed by atoms with Gasteiger partial charge in [0.05, 0.1) is 0 Å². The van der Waals surface area contributed by atoms with Crippen LogP contribution in [0.3, 0.4) is 0 Å². The lowest BCUT2D eigenvalue weighted by Crippen LogP contribution is -2.10. The van der Waals surface area contributed by atoms with Crippen molar-refractivity contribution in [2.24, 2.45) is 5.92 Å². The summed E-state index contributed by atoms with van der Waals surface area (Å²) in [6.45, 7) is 3.83. The number of H-pyrrole nitrogens is 2. The van der Waals surface area contributed by atoms with Gasteiger partial charge in [-0.1, -0.05) is 92.3 Å². The molecule has 0 bridgehead atoms. The molecule has 2 N–H and O–H groups in total. The average molecular weight is 423 g/mol. The van der Waals surface area contributed by atoms with Crippen molar-refractivity contribution in [3.05, 3.63) is 53.6 Å². The standard InChI is InChI=1S/C23H34N8/c1-2-19-13-15-20(16-14-19)17-21(18-23-26-30-31-27-23)11-9-7-5-3-4-6-8-10-12-22-24-28-29-25-22/h2,13-16,21H,1,3-12,17-18H2,(H,24,25,28,29)(H,26,27,30,31). The van der Waals surface area contributed by atoms with Gasteiger partial charge in [0.25, 0.3) is 0 Å². The molecule has 0 radical (unpaired) electrons. The Hall–Kier alpha value is -2.90. The molecule has 2 heterocycles. The van der Waals surface area contributed by atoms with Gasteiger partial charge in [-0.3, -0.25) is 0 Å². The number of hydrogen-bond donors (Lipinski definition) is 2. The first-order valence-electron chi connectivity index (χ1n) is 11.5. The summed E-state index contributed by atoms with van der Waals surface area (Å²) in [5.41, 5.74) is 2.52. The van der Waals surface area contributed by atoms with Crippen molar-refractivity contribution in [2.45, 2.75) is 77.0 Å². The van der Waals surface area contributed by atoms with E-state index in [1.807, 2.05) is 6.08 Å². The summed E-state index contributed by atoms with van der Waals surface area (Å²) >= 11 is 0. The molecule has 0 saturated heterocycles. The molecule has 2 aromatic heterocycles. The summed E-state index contributed by atoms with van der Waals surface area (Å²) in [7, 11) is 0. The van der Waals surface area contributed by atoms with E-state index in [2.05, 4.69) is 72.1 Å². The van der Waals surface area contributed by atoms with E-state index in [1.54, 1.807) is 0 Å². The third kappa shape index (κ3) is 8.78. The lowest BCUT2D eigenvalue weighted by molar-refractivity contribution is 0.436. The molecule has 31 heavy (non-hydrogen) atoms. The Morgan fingerprint density at radius 2 is 1.35 bits per heavy atom. The Bertz CT molecular complexity index is 827. The number of aromatic nitrogens is 8. The zero-order valence-corrected chi connectivity index (χ0v) is 18.3. The molecule has 0 aliphatic rings. The van der Waals surface area contributed by atoms with Gasteiger partial charge in [0.2, 0.25) is 0 Å². The molecule has 166 valence electrons. The topological polar surface area (TPSA) is 109 Å². The second-order valence-electron chi connectivity index (χ2n) is 8.24. The lowest BCUT2D eigenvalue weighted by Gasteiger charge is -2.15. The van der Waals surface area contributed by atoms with Crippen LogP contribution in [-0.2, 0) is 19.3 Å². The highest BCUT2D eigenvalue weighted by Gasteiger charge is 2.13. The van der Waals surface area contributed by atoms with E-state index in [1.165, 1.54) is 56.9 Å². The molecule has 3 aromatic rings. The number of tetrazole rings is 2. The zero-order chi connectivity index (χ0) is 21.6. The quantitative estimate of drug-likeness (QED) is 0.329. The van der Waals surface area contributed by atoms with Crippen molar-refractivity contribution in [3.63, 3.8) is 0 Å². The molecule has 0 fully saturated rings. The van der Waals surface area contributed by atoms with Crippen molar-refractivity contribution < 1.29 is 0 Å². The van der Waals surface area contributed by atoms with Crippen LogP contribution in [0, 0.1) is 5.92 Å². The van der Waals surface area contributed by atoms with Crippen LogP contribution in [0.5, 0.6) is 0 Å². The molecule has 8 heteroatoms. The molecule has 3 rings (SSSR count). The average Bonchev–Trinajstić information content (AvgIpc) is 3.50. The molecule has 0 aliphatic carbocycles. The van der Waals surface area contributed by atoms with Crippen molar-refractivity contribution in [3.8, 4) is 0 Å². The van der Waals surface area contributed by atoms with Crippen LogP contribution in [0.2, 0.25) is 0 Å². The van der Waals surface area contributed by atoms with Crippen LogP contribution in [-0.4, -0.2) is 41.2 Å². The molecule has 1 aromatic carbocycles. The largest absolute Gasteiger partial charge is 0.177 e. The Balaban J connectivity index is 1.29. The van der Waals surface area contributed by atoms with E-state index in [0.29, 0.717) is 5.92 Å². The van der Waals surface area contributed by atoms with Gasteiger partial charge in [0.1, 0.15) is 0 Å². The fourth-order valence-corrected chi connectivity index (χ4v) is 3.99. The monoisotopic (exact) mass is 422 g/mol. The molecule has 0 aliphatic heterocycles. The summed E-state index contributed by atoms with van der Waals surface area (Å²) in [6.07, 6.45) is 16.1. The predicted molar refractivity (Wildman–Crippen MR) is 121 cm³/mol. The van der Waals surface area contributed by atoms with Crippen LogP contribution in [0.25, 0.3) is 6.08 Å². The molecule has 0 spiro atoms. The third-order valence-electron chi connectivity index (χ3n) is 5.75. The second-order valence-corrected chi connectivity index (χ2v) is 8.24. The fraction of sp³-hybridized carbons (Fsp3) is 0.565. The number of nitrogens with zero attached hydrogens (tertiary/aromatic N) is 6. The number of rotatable bonds is 16. The van der Waals surface area contributed by atoms with Crippen molar-refractivity contribution in [1.29, 1.82) is 0 Å². The highest BCUT2D eigenvalue weighted by Crippen LogP contribution is 2.21. The van der Waals surface area contributed by atoms with Gasteiger partial charge in [0.15, 0.2) is 11.6 Å². The minimum absolute atomic E-state index is 0.539. The molecular formula is C23H34N8. The Kier molecular flexibility index (Phi) is 9.85. The Labute approximate surface area is 184 Å². The highest BCUT2D eigenvalue weighted by molar-refractivity contribution is 5.47. The predicted octanol–water partition coefficient (Wildman–Crippen LogP) is 4.51. The van der Waals surface area contributed by atoms with Crippen LogP contribution in [0.15, 0.2) is 30.8 Å². The van der Waals surface area contributed by atoms with Gasteiger partial charge in [-0.05, 0) is 36.3 Å². The van der Waals surface area contributed by atoms with Crippen molar-refractivity contribution in [1.82, 2.24) is 41.2 Å². The zero-order valence-electron chi connectivity index (χ0n) is 18.3. The number of aromatic amines is 2. The normalized spacial score (nSPS) is 12.1. The summed E-state index contributed by atoms with van der Waals surface area (Å²) in [4.78, 5) is 0. The van der Waals surface area contributed by atoms with Gasteiger partial charge >= 0.3 is 0 Å². The molecule has 8 nitrogen and oxygen atoms in total. The van der Waals surface area contributed by atoms with E-state index in [0.717, 1.165) is 42.9 Å². The molecule has 0 saturated carbocycles. The van der Waals surface area contributed by atoms with Gasteiger partial charge in [0, 0.05) is 12.8 Å². The van der Waals surface area contributed by atoms with Gasteiger partial charge in [-0.25, -0.2) is 0 Å².